The summed E-state index contributed by atoms with van der Waals surface area (Å²) in [6.45, 7) is 4.00. The Hall–Kier alpha value is -1.31. The van der Waals surface area contributed by atoms with Gasteiger partial charge in [-0.25, -0.2) is 0 Å². The summed E-state index contributed by atoms with van der Waals surface area (Å²) in [5.74, 6) is -0.511. The smallest absolute Gasteiger partial charge is 0.307 e. The minimum Gasteiger partial charge on any atom is -0.481 e. The summed E-state index contributed by atoms with van der Waals surface area (Å²) >= 11 is 0. The molecule has 86 valence electrons. The molecule has 0 amide bonds. The highest BCUT2D eigenvalue weighted by atomic mass is 16.4. The summed E-state index contributed by atoms with van der Waals surface area (Å²) in [6, 6.07) is 8.25. The van der Waals surface area contributed by atoms with Crippen LogP contribution in [0.1, 0.15) is 37.3 Å². The van der Waals surface area contributed by atoms with Gasteiger partial charge in [0.05, 0.1) is 5.92 Å². The van der Waals surface area contributed by atoms with Crippen molar-refractivity contribution in [3.8, 4) is 0 Å². The molecule has 0 saturated carbocycles. The fourth-order valence-electron chi connectivity index (χ4n) is 2.88. The molecule has 2 unspecified atom stereocenters. The van der Waals surface area contributed by atoms with Gasteiger partial charge in [0.2, 0.25) is 0 Å². The first-order valence-corrected chi connectivity index (χ1v) is 5.92. The molecule has 0 aliphatic heterocycles. The van der Waals surface area contributed by atoms with Gasteiger partial charge in [-0.15, -0.1) is 0 Å². The number of hydrogen-bond donors (Lipinski definition) is 1. The number of aliphatic carboxylic acids is 1. The summed E-state index contributed by atoms with van der Waals surface area (Å²) < 4.78 is 0. The molecule has 2 atom stereocenters. The molecule has 1 aromatic carbocycles. The van der Waals surface area contributed by atoms with E-state index in [-0.39, 0.29) is 17.8 Å². The van der Waals surface area contributed by atoms with Crippen LogP contribution in [0.5, 0.6) is 0 Å². The third kappa shape index (κ3) is 1.84. The quantitative estimate of drug-likeness (QED) is 0.846. The number of hydrogen-bond acceptors (Lipinski definition) is 1. The predicted octanol–water partition coefficient (Wildman–Crippen LogP) is 3.07. The van der Waals surface area contributed by atoms with Crippen LogP contribution in [0.15, 0.2) is 24.3 Å². The Kier molecular flexibility index (Phi) is 2.99. The van der Waals surface area contributed by atoms with Gasteiger partial charge in [-0.2, -0.15) is 0 Å². The number of carboxylic acids is 1. The van der Waals surface area contributed by atoms with Gasteiger partial charge in [0.25, 0.3) is 0 Å². The minimum absolute atomic E-state index is 0.189. The minimum atomic E-state index is -0.656. The topological polar surface area (TPSA) is 37.3 Å². The normalized spacial score (nSPS) is 20.8. The monoisotopic (exact) mass is 218 g/mol. The Bertz CT molecular complexity index is 395. The number of rotatable bonds is 3. The zero-order valence-electron chi connectivity index (χ0n) is 9.81. The fraction of sp³-hybridized carbons (Fsp3) is 0.500. The molecule has 2 rings (SSSR count). The van der Waals surface area contributed by atoms with Gasteiger partial charge in [0.1, 0.15) is 0 Å². The molecule has 0 spiro atoms. The highest BCUT2D eigenvalue weighted by molar-refractivity contribution is 5.72. The van der Waals surface area contributed by atoms with E-state index in [1.54, 1.807) is 0 Å². The Balaban J connectivity index is 2.33. The van der Waals surface area contributed by atoms with Crippen LogP contribution in [0.2, 0.25) is 0 Å². The van der Waals surface area contributed by atoms with Crippen molar-refractivity contribution >= 4 is 5.97 Å². The van der Waals surface area contributed by atoms with E-state index in [0.29, 0.717) is 0 Å². The van der Waals surface area contributed by atoms with Gasteiger partial charge in [0.15, 0.2) is 0 Å². The van der Waals surface area contributed by atoms with Gasteiger partial charge >= 0.3 is 5.97 Å². The second-order valence-electron chi connectivity index (χ2n) is 4.95. The summed E-state index contributed by atoms with van der Waals surface area (Å²) in [5, 5.41) is 9.33. The lowest BCUT2D eigenvalue weighted by Gasteiger charge is -2.23. The summed E-state index contributed by atoms with van der Waals surface area (Å²) in [4.78, 5) is 11.3. The molecule has 0 aromatic heterocycles. The maximum absolute atomic E-state index is 11.3. The number of carboxylic acid groups (broad SMARTS) is 1. The molecule has 1 aliphatic rings. The second kappa shape index (κ2) is 4.28. The van der Waals surface area contributed by atoms with E-state index >= 15 is 0 Å². The third-order valence-corrected chi connectivity index (χ3v) is 3.62. The van der Waals surface area contributed by atoms with E-state index in [1.807, 2.05) is 26.0 Å². The number of carbonyl (C=O) groups is 1. The molecule has 0 saturated heterocycles. The van der Waals surface area contributed by atoms with Crippen molar-refractivity contribution < 1.29 is 9.90 Å². The van der Waals surface area contributed by atoms with Crippen LogP contribution in [0.25, 0.3) is 0 Å². The van der Waals surface area contributed by atoms with Gasteiger partial charge in [-0.05, 0) is 35.8 Å². The largest absolute Gasteiger partial charge is 0.481 e. The Labute approximate surface area is 96.3 Å². The number of benzene rings is 1. The van der Waals surface area contributed by atoms with Crippen molar-refractivity contribution in [3.63, 3.8) is 0 Å². The zero-order valence-corrected chi connectivity index (χ0v) is 9.81. The van der Waals surface area contributed by atoms with Crippen molar-refractivity contribution in [1.82, 2.24) is 0 Å². The third-order valence-electron chi connectivity index (χ3n) is 3.62. The highest BCUT2D eigenvalue weighted by Gasteiger charge is 2.35. The van der Waals surface area contributed by atoms with E-state index < -0.39 is 5.97 Å². The lowest BCUT2D eigenvalue weighted by Crippen LogP contribution is -2.25. The molecule has 2 nitrogen and oxygen atoms in total. The maximum atomic E-state index is 11.3. The van der Waals surface area contributed by atoms with Crippen LogP contribution in [-0.4, -0.2) is 11.1 Å². The fourth-order valence-corrected chi connectivity index (χ4v) is 2.88. The average Bonchev–Trinajstić information content (AvgIpc) is 2.61. The Morgan fingerprint density at radius 2 is 2.06 bits per heavy atom. The SMILES string of the molecule is CC(C)C(C(=O)O)C1CCc2ccccc21. The van der Waals surface area contributed by atoms with Crippen molar-refractivity contribution in [1.29, 1.82) is 0 Å². The van der Waals surface area contributed by atoms with Gasteiger partial charge in [0, 0.05) is 0 Å². The first-order chi connectivity index (χ1) is 7.61. The molecule has 0 heterocycles. The van der Waals surface area contributed by atoms with E-state index in [1.165, 1.54) is 11.1 Å². The molecule has 1 aromatic rings. The highest BCUT2D eigenvalue weighted by Crippen LogP contribution is 2.41. The van der Waals surface area contributed by atoms with E-state index in [9.17, 15) is 9.90 Å². The molecule has 2 heteroatoms. The summed E-state index contributed by atoms with van der Waals surface area (Å²) in [5.41, 5.74) is 2.59. The standard InChI is InChI=1S/C14H18O2/c1-9(2)13(14(15)16)12-8-7-10-5-3-4-6-11(10)12/h3-6,9,12-13H,7-8H2,1-2H3,(H,15,16). The summed E-state index contributed by atoms with van der Waals surface area (Å²) in [7, 11) is 0. The van der Waals surface area contributed by atoms with Gasteiger partial charge in [-0.3, -0.25) is 4.79 Å². The van der Waals surface area contributed by atoms with E-state index in [0.717, 1.165) is 12.8 Å². The van der Waals surface area contributed by atoms with Crippen LogP contribution in [0, 0.1) is 11.8 Å². The average molecular weight is 218 g/mol. The second-order valence-corrected chi connectivity index (χ2v) is 4.95. The van der Waals surface area contributed by atoms with Crippen LogP contribution < -0.4 is 0 Å². The first-order valence-electron chi connectivity index (χ1n) is 5.92. The maximum Gasteiger partial charge on any atom is 0.307 e. The molecule has 0 radical (unpaired) electrons. The molecular weight excluding hydrogens is 200 g/mol. The molecular formula is C14H18O2. The molecule has 0 bridgehead atoms. The van der Waals surface area contributed by atoms with Crippen LogP contribution >= 0.6 is 0 Å². The summed E-state index contributed by atoms with van der Waals surface area (Å²) in [6.07, 6.45) is 2.01. The van der Waals surface area contributed by atoms with Crippen LogP contribution in [0.4, 0.5) is 0 Å². The molecule has 1 aliphatic carbocycles. The first kappa shape index (κ1) is 11.2. The zero-order chi connectivity index (χ0) is 11.7. The van der Waals surface area contributed by atoms with E-state index in [4.69, 9.17) is 0 Å². The van der Waals surface area contributed by atoms with Crippen molar-refractivity contribution in [3.05, 3.63) is 35.4 Å². The van der Waals surface area contributed by atoms with Crippen molar-refractivity contribution in [2.24, 2.45) is 11.8 Å². The van der Waals surface area contributed by atoms with Gasteiger partial charge in [-0.1, -0.05) is 38.1 Å². The lowest BCUT2D eigenvalue weighted by atomic mass is 9.80. The van der Waals surface area contributed by atoms with E-state index in [2.05, 4.69) is 12.1 Å². The van der Waals surface area contributed by atoms with Crippen LogP contribution in [-0.2, 0) is 11.2 Å². The number of fused-ring (bicyclic) bond motifs is 1. The lowest BCUT2D eigenvalue weighted by molar-refractivity contribution is -0.144. The van der Waals surface area contributed by atoms with Gasteiger partial charge < -0.3 is 5.11 Å². The molecule has 16 heavy (non-hydrogen) atoms. The molecule has 0 fully saturated rings. The van der Waals surface area contributed by atoms with Crippen LogP contribution in [0.3, 0.4) is 0 Å². The predicted molar refractivity (Wildman–Crippen MR) is 63.5 cm³/mol. The Morgan fingerprint density at radius 1 is 1.38 bits per heavy atom. The molecule has 1 N–H and O–H groups in total. The Morgan fingerprint density at radius 3 is 2.69 bits per heavy atom. The number of aryl methyl sites for hydroxylation is 1. The van der Waals surface area contributed by atoms with Crippen molar-refractivity contribution in [2.75, 3.05) is 0 Å². The van der Waals surface area contributed by atoms with Crippen molar-refractivity contribution in [2.45, 2.75) is 32.6 Å².